The maximum Gasteiger partial charge on any atom is 0.322 e. The van der Waals surface area contributed by atoms with Crippen molar-refractivity contribution in [3.05, 3.63) is 71.2 Å². The smallest absolute Gasteiger partial charge is 0.322 e. The number of benzene rings is 2. The van der Waals surface area contributed by atoms with Crippen LogP contribution in [0.1, 0.15) is 43.3 Å². The van der Waals surface area contributed by atoms with Gasteiger partial charge in [-0.1, -0.05) is 35.0 Å². The molecule has 178 valence electrons. The lowest BCUT2D eigenvalue weighted by molar-refractivity contribution is 0.136. The van der Waals surface area contributed by atoms with Crippen LogP contribution in [0.25, 0.3) is 17.0 Å². The molecule has 1 aliphatic heterocycles. The quantitative estimate of drug-likeness (QED) is 0.451. The zero-order valence-electron chi connectivity index (χ0n) is 20.0. The van der Waals surface area contributed by atoms with Crippen molar-refractivity contribution in [2.75, 3.05) is 26.9 Å². The first-order valence-electron chi connectivity index (χ1n) is 11.4. The minimum absolute atomic E-state index is 0.154. The topological polar surface area (TPSA) is 89.7 Å². The number of methoxy groups -OCH3 is 1. The van der Waals surface area contributed by atoms with Gasteiger partial charge in [-0.25, -0.2) is 4.79 Å². The summed E-state index contributed by atoms with van der Waals surface area (Å²) in [5.74, 6) is 1.60. The molecule has 0 aliphatic carbocycles. The van der Waals surface area contributed by atoms with Crippen molar-refractivity contribution in [3.8, 4) is 17.1 Å². The van der Waals surface area contributed by atoms with Gasteiger partial charge in [0.1, 0.15) is 5.75 Å². The van der Waals surface area contributed by atoms with Gasteiger partial charge < -0.3 is 19.3 Å². The Hall–Kier alpha value is -3.65. The molecular formula is C26H30N4O4. The van der Waals surface area contributed by atoms with E-state index < -0.39 is 6.04 Å². The van der Waals surface area contributed by atoms with E-state index in [4.69, 9.17) is 19.0 Å². The van der Waals surface area contributed by atoms with Crippen LogP contribution in [0.15, 0.2) is 58.8 Å². The van der Waals surface area contributed by atoms with E-state index in [1.807, 2.05) is 69.3 Å². The van der Waals surface area contributed by atoms with Gasteiger partial charge in [-0.3, -0.25) is 4.90 Å². The summed E-state index contributed by atoms with van der Waals surface area (Å²) in [6.45, 7) is 7.68. The number of nitrogens with one attached hydrogen (secondary N) is 1. The van der Waals surface area contributed by atoms with Crippen LogP contribution in [0.5, 0.6) is 5.75 Å². The molecule has 0 radical (unpaired) electrons. The SMILES string of the molecule is CCOCCCN1C(=O)NC(c2ccc(C)cc2)C(c2nc(-c3ccc(OC)cc3)no2)=C1C. The molecule has 2 aromatic carbocycles. The summed E-state index contributed by atoms with van der Waals surface area (Å²) in [7, 11) is 1.62. The number of hydrogen-bond donors (Lipinski definition) is 1. The van der Waals surface area contributed by atoms with E-state index in [0.29, 0.717) is 31.5 Å². The molecule has 0 bridgehead atoms. The molecule has 1 aliphatic rings. The van der Waals surface area contributed by atoms with Crippen molar-refractivity contribution in [2.45, 2.75) is 33.2 Å². The highest BCUT2D eigenvalue weighted by Gasteiger charge is 2.35. The molecule has 1 unspecified atom stereocenters. The van der Waals surface area contributed by atoms with E-state index in [0.717, 1.165) is 40.1 Å². The van der Waals surface area contributed by atoms with Crippen LogP contribution in [-0.4, -0.2) is 47.9 Å². The van der Waals surface area contributed by atoms with Crippen LogP contribution in [0.4, 0.5) is 4.79 Å². The third-order valence-electron chi connectivity index (χ3n) is 5.89. The Balaban J connectivity index is 1.71. The summed E-state index contributed by atoms with van der Waals surface area (Å²) in [6.07, 6.45) is 0.724. The fraction of sp³-hybridized carbons (Fsp3) is 0.346. The first kappa shape index (κ1) is 23.5. The molecule has 2 amide bonds. The molecular weight excluding hydrogens is 432 g/mol. The summed E-state index contributed by atoms with van der Waals surface area (Å²) in [5, 5.41) is 7.34. The van der Waals surface area contributed by atoms with Gasteiger partial charge in [-0.15, -0.1) is 0 Å². The average Bonchev–Trinajstić information content (AvgIpc) is 3.33. The van der Waals surface area contributed by atoms with Gasteiger partial charge in [0.2, 0.25) is 5.82 Å². The number of rotatable bonds is 9. The van der Waals surface area contributed by atoms with Crippen LogP contribution in [0.2, 0.25) is 0 Å². The molecule has 0 saturated carbocycles. The number of urea groups is 1. The van der Waals surface area contributed by atoms with E-state index in [2.05, 4.69) is 10.5 Å². The lowest BCUT2D eigenvalue weighted by Gasteiger charge is -2.35. The van der Waals surface area contributed by atoms with Gasteiger partial charge in [0, 0.05) is 31.0 Å². The lowest BCUT2D eigenvalue weighted by atomic mass is 9.94. The molecule has 34 heavy (non-hydrogen) atoms. The van der Waals surface area contributed by atoms with Crippen molar-refractivity contribution < 1.29 is 18.8 Å². The van der Waals surface area contributed by atoms with Crippen molar-refractivity contribution in [1.29, 1.82) is 0 Å². The monoisotopic (exact) mass is 462 g/mol. The number of aryl methyl sites for hydroxylation is 1. The first-order valence-corrected chi connectivity index (χ1v) is 11.4. The molecule has 1 aromatic heterocycles. The number of amides is 2. The zero-order valence-corrected chi connectivity index (χ0v) is 20.0. The minimum Gasteiger partial charge on any atom is -0.497 e. The van der Waals surface area contributed by atoms with Crippen molar-refractivity contribution in [2.24, 2.45) is 0 Å². The highest BCUT2D eigenvalue weighted by Crippen LogP contribution is 2.37. The summed E-state index contributed by atoms with van der Waals surface area (Å²) in [5.41, 5.74) is 4.48. The summed E-state index contributed by atoms with van der Waals surface area (Å²) in [4.78, 5) is 19.5. The molecule has 0 saturated heterocycles. The van der Waals surface area contributed by atoms with E-state index in [-0.39, 0.29) is 6.03 Å². The second kappa shape index (κ2) is 10.5. The number of ether oxygens (including phenoxy) is 2. The maximum absolute atomic E-state index is 13.0. The summed E-state index contributed by atoms with van der Waals surface area (Å²) in [6, 6.07) is 15.0. The fourth-order valence-electron chi connectivity index (χ4n) is 4.00. The molecule has 8 heteroatoms. The Bertz CT molecular complexity index is 1150. The highest BCUT2D eigenvalue weighted by atomic mass is 16.5. The third kappa shape index (κ3) is 4.97. The Kier molecular flexibility index (Phi) is 7.27. The van der Waals surface area contributed by atoms with E-state index >= 15 is 0 Å². The maximum atomic E-state index is 13.0. The first-order chi connectivity index (χ1) is 16.5. The molecule has 3 aromatic rings. The Morgan fingerprint density at radius 1 is 1.09 bits per heavy atom. The van der Waals surface area contributed by atoms with Gasteiger partial charge in [0.25, 0.3) is 5.89 Å². The van der Waals surface area contributed by atoms with Crippen molar-refractivity contribution >= 4 is 11.6 Å². The third-order valence-corrected chi connectivity index (χ3v) is 5.89. The molecule has 4 rings (SSSR count). The van der Waals surface area contributed by atoms with Crippen LogP contribution in [-0.2, 0) is 4.74 Å². The number of nitrogens with zero attached hydrogens (tertiary/aromatic N) is 3. The molecule has 8 nitrogen and oxygen atoms in total. The van der Waals surface area contributed by atoms with Crippen LogP contribution in [0.3, 0.4) is 0 Å². The number of allylic oxidation sites excluding steroid dienone is 1. The fourth-order valence-corrected chi connectivity index (χ4v) is 4.00. The average molecular weight is 463 g/mol. The van der Waals surface area contributed by atoms with Crippen LogP contribution < -0.4 is 10.1 Å². The van der Waals surface area contributed by atoms with Gasteiger partial charge in [0.15, 0.2) is 0 Å². The Morgan fingerprint density at radius 2 is 1.82 bits per heavy atom. The molecule has 0 spiro atoms. The zero-order chi connectivity index (χ0) is 24.1. The number of carbonyl (C=O) groups is 1. The molecule has 1 atom stereocenters. The number of aromatic nitrogens is 2. The largest absolute Gasteiger partial charge is 0.497 e. The summed E-state index contributed by atoms with van der Waals surface area (Å²) < 4.78 is 16.4. The van der Waals surface area contributed by atoms with Crippen LogP contribution in [0, 0.1) is 6.92 Å². The summed E-state index contributed by atoms with van der Waals surface area (Å²) >= 11 is 0. The lowest BCUT2D eigenvalue weighted by Crippen LogP contribution is -2.46. The molecule has 0 fully saturated rings. The highest BCUT2D eigenvalue weighted by molar-refractivity contribution is 5.86. The van der Waals surface area contributed by atoms with Crippen molar-refractivity contribution in [3.63, 3.8) is 0 Å². The second-order valence-corrected chi connectivity index (χ2v) is 8.15. The number of carbonyl (C=O) groups excluding carboxylic acids is 1. The van der Waals surface area contributed by atoms with Gasteiger partial charge >= 0.3 is 6.03 Å². The van der Waals surface area contributed by atoms with E-state index in [1.54, 1.807) is 12.0 Å². The normalized spacial score (nSPS) is 16.1. The second-order valence-electron chi connectivity index (χ2n) is 8.15. The van der Waals surface area contributed by atoms with Crippen LogP contribution >= 0.6 is 0 Å². The minimum atomic E-state index is -0.402. The van der Waals surface area contributed by atoms with Gasteiger partial charge in [0.05, 0.1) is 18.7 Å². The molecule has 2 heterocycles. The standard InChI is InChI=1S/C26H30N4O4/c1-5-33-16-6-15-30-18(3)22(23(27-26(30)31)19-9-7-17(2)8-10-19)25-28-24(29-34-25)20-11-13-21(32-4)14-12-20/h7-14,23H,5-6,15-16H2,1-4H3,(H,27,31). The predicted molar refractivity (Wildman–Crippen MR) is 129 cm³/mol. The van der Waals surface area contributed by atoms with Crippen molar-refractivity contribution in [1.82, 2.24) is 20.4 Å². The number of hydrogen-bond acceptors (Lipinski definition) is 6. The molecule has 1 N–H and O–H groups in total. The van der Waals surface area contributed by atoms with E-state index in [9.17, 15) is 4.79 Å². The van der Waals surface area contributed by atoms with E-state index in [1.165, 1.54) is 0 Å². The van der Waals surface area contributed by atoms with Gasteiger partial charge in [-0.2, -0.15) is 4.98 Å². The Labute approximate surface area is 199 Å². The van der Waals surface area contributed by atoms with Gasteiger partial charge in [-0.05, 0) is 57.0 Å². The Morgan fingerprint density at radius 3 is 2.50 bits per heavy atom. The predicted octanol–water partition coefficient (Wildman–Crippen LogP) is 4.98.